The van der Waals surface area contributed by atoms with Gasteiger partial charge in [-0.05, 0) is 36.8 Å². The largest absolute Gasteiger partial charge is 0.347 e. The van der Waals surface area contributed by atoms with E-state index in [1.165, 1.54) is 0 Å². The van der Waals surface area contributed by atoms with Crippen LogP contribution in [0.4, 0.5) is 0 Å². The van der Waals surface area contributed by atoms with E-state index in [2.05, 4.69) is 17.2 Å². The Morgan fingerprint density at radius 3 is 2.90 bits per heavy atom. The number of nitrogens with two attached hydrogens (primary N) is 1. The lowest BCUT2D eigenvalue weighted by molar-refractivity contribution is 0.0951. The van der Waals surface area contributed by atoms with Gasteiger partial charge in [-0.3, -0.25) is 4.79 Å². The predicted molar refractivity (Wildman–Crippen MR) is 87.6 cm³/mol. The molecule has 0 atom stereocenters. The van der Waals surface area contributed by atoms with Gasteiger partial charge in [-0.15, -0.1) is 11.3 Å². The van der Waals surface area contributed by atoms with Gasteiger partial charge in [-0.2, -0.15) is 0 Å². The number of carbonyl (C=O) groups is 1. The maximum absolute atomic E-state index is 12.1. The summed E-state index contributed by atoms with van der Waals surface area (Å²) in [6, 6.07) is 9.16. The Bertz CT molecular complexity index is 713. The fourth-order valence-corrected chi connectivity index (χ4v) is 2.68. The van der Waals surface area contributed by atoms with Gasteiger partial charge >= 0.3 is 0 Å². The Balaban J connectivity index is 1.97. The highest BCUT2D eigenvalue weighted by atomic mass is 35.5. The van der Waals surface area contributed by atoms with E-state index in [0.717, 1.165) is 15.3 Å². The number of aryl methyl sites for hydroxylation is 1. The molecule has 21 heavy (non-hydrogen) atoms. The normalized spacial score (nSPS) is 9.86. The molecule has 0 aliphatic heterocycles. The van der Waals surface area contributed by atoms with Crippen LogP contribution in [-0.2, 0) is 6.54 Å². The first-order valence-corrected chi connectivity index (χ1v) is 7.61. The van der Waals surface area contributed by atoms with Crippen molar-refractivity contribution in [3.63, 3.8) is 0 Å². The minimum absolute atomic E-state index is 0.139. The van der Waals surface area contributed by atoms with Crippen LogP contribution in [0.3, 0.4) is 0 Å². The van der Waals surface area contributed by atoms with Gasteiger partial charge in [0.25, 0.3) is 5.91 Å². The number of hydrogen-bond donors (Lipinski definition) is 2. The van der Waals surface area contributed by atoms with Gasteiger partial charge in [0.05, 0.1) is 18.0 Å². The molecule has 2 rings (SSSR count). The smallest absolute Gasteiger partial charge is 0.251 e. The zero-order valence-corrected chi connectivity index (χ0v) is 13.1. The number of benzene rings is 1. The van der Waals surface area contributed by atoms with Crippen molar-refractivity contribution in [2.45, 2.75) is 13.5 Å². The van der Waals surface area contributed by atoms with E-state index in [4.69, 9.17) is 17.3 Å². The van der Waals surface area contributed by atoms with E-state index in [9.17, 15) is 4.79 Å². The predicted octanol–water partition coefficient (Wildman–Crippen LogP) is 2.95. The number of amides is 1. The number of thiophene rings is 1. The van der Waals surface area contributed by atoms with Gasteiger partial charge in [0.15, 0.2) is 0 Å². The molecule has 0 unspecified atom stereocenters. The average molecular weight is 319 g/mol. The van der Waals surface area contributed by atoms with Crippen molar-refractivity contribution in [3.8, 4) is 11.8 Å². The quantitative estimate of drug-likeness (QED) is 0.855. The van der Waals surface area contributed by atoms with E-state index in [1.54, 1.807) is 23.5 Å². The molecule has 0 fully saturated rings. The first kappa shape index (κ1) is 15.6. The molecule has 0 radical (unpaired) electrons. The maximum Gasteiger partial charge on any atom is 0.251 e. The number of nitrogens with one attached hydrogen (secondary N) is 1. The molecule has 2 aromatic rings. The summed E-state index contributed by atoms with van der Waals surface area (Å²) in [5.41, 5.74) is 6.85. The Morgan fingerprint density at radius 2 is 2.19 bits per heavy atom. The molecule has 0 aliphatic carbocycles. The second-order valence-corrected chi connectivity index (χ2v) is 5.99. The third kappa shape index (κ3) is 4.33. The van der Waals surface area contributed by atoms with Crippen LogP contribution >= 0.6 is 22.9 Å². The molecular formula is C16H15ClN2OS. The molecule has 1 amide bonds. The van der Waals surface area contributed by atoms with Crippen LogP contribution in [0.25, 0.3) is 0 Å². The van der Waals surface area contributed by atoms with Crippen LogP contribution in [0.1, 0.15) is 25.7 Å². The average Bonchev–Trinajstić information content (AvgIpc) is 2.93. The third-order valence-corrected chi connectivity index (χ3v) is 4.24. The molecule has 108 valence electrons. The lowest BCUT2D eigenvalue weighted by atomic mass is 10.1. The van der Waals surface area contributed by atoms with E-state index in [0.29, 0.717) is 23.7 Å². The SMILES string of the molecule is Cc1ccc(C(=O)NCc2ccc(C#CCN)s2)cc1Cl. The lowest BCUT2D eigenvalue weighted by Crippen LogP contribution is -2.22. The molecule has 5 heteroatoms. The summed E-state index contributed by atoms with van der Waals surface area (Å²) < 4.78 is 0. The van der Waals surface area contributed by atoms with Crippen LogP contribution < -0.4 is 11.1 Å². The molecule has 0 bridgehead atoms. The summed E-state index contributed by atoms with van der Waals surface area (Å²) in [6.45, 7) is 2.72. The highest BCUT2D eigenvalue weighted by Crippen LogP contribution is 2.18. The van der Waals surface area contributed by atoms with Crippen molar-refractivity contribution in [1.82, 2.24) is 5.32 Å². The zero-order valence-electron chi connectivity index (χ0n) is 11.6. The van der Waals surface area contributed by atoms with Crippen LogP contribution in [0.2, 0.25) is 5.02 Å². The van der Waals surface area contributed by atoms with Crippen LogP contribution in [0.15, 0.2) is 30.3 Å². The number of halogens is 1. The van der Waals surface area contributed by atoms with Crippen LogP contribution in [0.5, 0.6) is 0 Å². The van der Waals surface area contributed by atoms with Gasteiger partial charge in [-0.1, -0.05) is 29.5 Å². The fourth-order valence-electron chi connectivity index (χ4n) is 1.68. The molecule has 0 aliphatic rings. The molecule has 3 N–H and O–H groups in total. The van der Waals surface area contributed by atoms with Crippen molar-refractivity contribution in [1.29, 1.82) is 0 Å². The second kappa shape index (κ2) is 7.28. The Kier molecular flexibility index (Phi) is 5.40. The van der Waals surface area contributed by atoms with Crippen molar-refractivity contribution >= 4 is 28.8 Å². The maximum atomic E-state index is 12.1. The minimum Gasteiger partial charge on any atom is -0.347 e. The second-order valence-electron chi connectivity index (χ2n) is 4.42. The minimum atomic E-state index is -0.139. The monoisotopic (exact) mass is 318 g/mol. The molecule has 1 aromatic carbocycles. The Labute approximate surface area is 133 Å². The molecule has 3 nitrogen and oxygen atoms in total. The fraction of sp³-hybridized carbons (Fsp3) is 0.188. The molecule has 0 spiro atoms. The molecule has 1 heterocycles. The standard InChI is InChI=1S/C16H15ClN2OS/c1-11-4-5-12(9-15(11)17)16(20)19-10-14-7-6-13(21-14)3-2-8-18/h4-7,9H,8,10,18H2,1H3,(H,19,20). The van der Waals surface area contributed by atoms with Crippen LogP contribution in [-0.4, -0.2) is 12.5 Å². The van der Waals surface area contributed by atoms with Crippen molar-refractivity contribution in [2.24, 2.45) is 5.73 Å². The van der Waals surface area contributed by atoms with Crippen molar-refractivity contribution < 1.29 is 4.79 Å². The molecule has 1 aromatic heterocycles. The molecule has 0 saturated carbocycles. The summed E-state index contributed by atoms with van der Waals surface area (Å²) in [5.74, 6) is 5.64. The highest BCUT2D eigenvalue weighted by Gasteiger charge is 2.07. The van der Waals surface area contributed by atoms with E-state index >= 15 is 0 Å². The van der Waals surface area contributed by atoms with E-state index < -0.39 is 0 Å². The topological polar surface area (TPSA) is 55.1 Å². The summed E-state index contributed by atoms with van der Waals surface area (Å²) in [7, 11) is 0. The first-order chi connectivity index (χ1) is 10.1. The third-order valence-electron chi connectivity index (χ3n) is 2.83. The Morgan fingerprint density at radius 1 is 1.38 bits per heavy atom. The number of hydrogen-bond acceptors (Lipinski definition) is 3. The van der Waals surface area contributed by atoms with Gasteiger partial charge in [-0.25, -0.2) is 0 Å². The lowest BCUT2D eigenvalue weighted by Gasteiger charge is -2.05. The number of rotatable bonds is 3. The van der Waals surface area contributed by atoms with E-state index in [1.807, 2.05) is 25.1 Å². The zero-order chi connectivity index (χ0) is 15.2. The summed E-state index contributed by atoms with van der Waals surface area (Å²) >= 11 is 7.57. The van der Waals surface area contributed by atoms with Gasteiger partial charge in [0.2, 0.25) is 0 Å². The Hall–Kier alpha value is -1.80. The highest BCUT2D eigenvalue weighted by molar-refractivity contribution is 7.12. The summed E-state index contributed by atoms with van der Waals surface area (Å²) in [6.07, 6.45) is 0. The van der Waals surface area contributed by atoms with E-state index in [-0.39, 0.29) is 5.91 Å². The van der Waals surface area contributed by atoms with Gasteiger partial charge < -0.3 is 11.1 Å². The molecular weight excluding hydrogens is 304 g/mol. The van der Waals surface area contributed by atoms with Crippen LogP contribution in [0, 0.1) is 18.8 Å². The van der Waals surface area contributed by atoms with Gasteiger partial charge in [0.1, 0.15) is 0 Å². The van der Waals surface area contributed by atoms with Crippen molar-refractivity contribution in [3.05, 3.63) is 56.2 Å². The van der Waals surface area contributed by atoms with Gasteiger partial charge in [0, 0.05) is 15.5 Å². The number of carbonyl (C=O) groups excluding carboxylic acids is 1. The summed E-state index contributed by atoms with van der Waals surface area (Å²) in [4.78, 5) is 14.0. The molecule has 0 saturated heterocycles. The summed E-state index contributed by atoms with van der Waals surface area (Å²) in [5, 5.41) is 3.47. The first-order valence-electron chi connectivity index (χ1n) is 6.42. The van der Waals surface area contributed by atoms with Crippen molar-refractivity contribution in [2.75, 3.05) is 6.54 Å².